The van der Waals surface area contributed by atoms with Crippen molar-refractivity contribution in [2.75, 3.05) is 5.73 Å². The minimum absolute atomic E-state index is 0.440. The first kappa shape index (κ1) is 9.45. The molecule has 1 aromatic carbocycles. The number of nitrogens with zero attached hydrogens (tertiary/aromatic N) is 2. The third kappa shape index (κ3) is 2.22. The molecule has 76 valence electrons. The number of hydrogen-bond acceptors (Lipinski definition) is 4. The fourth-order valence-electron chi connectivity index (χ4n) is 1.18. The molecule has 4 heteroatoms. The van der Waals surface area contributed by atoms with Gasteiger partial charge in [0, 0.05) is 12.3 Å². The predicted octanol–water partition coefficient (Wildman–Crippen LogP) is 2.16. The van der Waals surface area contributed by atoms with Crippen LogP contribution in [0.5, 0.6) is 11.6 Å². The van der Waals surface area contributed by atoms with E-state index in [1.54, 1.807) is 24.4 Å². The molecular weight excluding hydrogens is 190 g/mol. The van der Waals surface area contributed by atoms with Crippen LogP contribution in [-0.2, 0) is 0 Å². The van der Waals surface area contributed by atoms with Crippen molar-refractivity contribution in [1.29, 1.82) is 0 Å². The van der Waals surface area contributed by atoms with Crippen molar-refractivity contribution in [2.24, 2.45) is 0 Å². The molecule has 0 radical (unpaired) electrons. The summed E-state index contributed by atoms with van der Waals surface area (Å²) in [6, 6.07) is 9.09. The van der Waals surface area contributed by atoms with Gasteiger partial charge in [0.1, 0.15) is 0 Å². The second-order valence-corrected chi connectivity index (χ2v) is 3.21. The zero-order chi connectivity index (χ0) is 10.7. The zero-order valence-electron chi connectivity index (χ0n) is 8.34. The maximum absolute atomic E-state index is 5.76. The van der Waals surface area contributed by atoms with Crippen molar-refractivity contribution in [2.45, 2.75) is 6.92 Å². The van der Waals surface area contributed by atoms with Gasteiger partial charge < -0.3 is 10.5 Å². The topological polar surface area (TPSA) is 61.0 Å². The van der Waals surface area contributed by atoms with Crippen molar-refractivity contribution < 1.29 is 4.74 Å². The van der Waals surface area contributed by atoms with Crippen molar-refractivity contribution >= 4 is 5.69 Å². The first-order valence-electron chi connectivity index (χ1n) is 4.57. The Morgan fingerprint density at radius 1 is 1.27 bits per heavy atom. The highest BCUT2D eigenvalue weighted by Crippen LogP contribution is 2.26. The molecule has 0 unspecified atom stereocenters. The average molecular weight is 201 g/mol. The molecule has 15 heavy (non-hydrogen) atoms. The Labute approximate surface area is 87.7 Å². The molecule has 2 aromatic rings. The third-order valence-electron chi connectivity index (χ3n) is 1.93. The van der Waals surface area contributed by atoms with Gasteiger partial charge >= 0.3 is 0 Å². The van der Waals surface area contributed by atoms with E-state index >= 15 is 0 Å². The largest absolute Gasteiger partial charge is 0.435 e. The molecule has 4 nitrogen and oxygen atoms in total. The minimum Gasteiger partial charge on any atom is -0.435 e. The van der Waals surface area contributed by atoms with E-state index in [0.29, 0.717) is 17.3 Å². The smallest absolute Gasteiger partial charge is 0.238 e. The number of nitrogen functional groups attached to an aromatic ring is 1. The molecule has 0 amide bonds. The fraction of sp³-hybridized carbons (Fsp3) is 0.0909. The van der Waals surface area contributed by atoms with Gasteiger partial charge in [0.2, 0.25) is 5.88 Å². The highest BCUT2D eigenvalue weighted by atomic mass is 16.5. The van der Waals surface area contributed by atoms with Crippen molar-refractivity contribution in [3.63, 3.8) is 0 Å². The van der Waals surface area contributed by atoms with Crippen LogP contribution in [0, 0.1) is 6.92 Å². The number of aryl methyl sites for hydroxylation is 1. The average Bonchev–Trinajstić information content (AvgIpc) is 2.25. The second kappa shape index (κ2) is 3.96. The molecule has 0 bridgehead atoms. The number of rotatable bonds is 2. The van der Waals surface area contributed by atoms with E-state index in [9.17, 15) is 0 Å². The van der Waals surface area contributed by atoms with Gasteiger partial charge in [-0.3, -0.25) is 0 Å². The summed E-state index contributed by atoms with van der Waals surface area (Å²) in [5, 5.41) is 7.53. The Hall–Kier alpha value is -2.10. The molecule has 0 aliphatic carbocycles. The van der Waals surface area contributed by atoms with Crippen LogP contribution < -0.4 is 10.5 Å². The molecule has 0 spiro atoms. The Balaban J connectivity index is 2.28. The normalized spacial score (nSPS) is 9.93. The van der Waals surface area contributed by atoms with Gasteiger partial charge in [-0.25, -0.2) is 0 Å². The maximum atomic E-state index is 5.76. The minimum atomic E-state index is 0.440. The lowest BCUT2D eigenvalue weighted by atomic mass is 10.2. The quantitative estimate of drug-likeness (QED) is 0.756. The first-order chi connectivity index (χ1) is 7.25. The van der Waals surface area contributed by atoms with E-state index in [1.807, 2.05) is 19.1 Å². The summed E-state index contributed by atoms with van der Waals surface area (Å²) in [6.07, 6.45) is 1.59. The van der Waals surface area contributed by atoms with Gasteiger partial charge in [0.25, 0.3) is 0 Å². The zero-order valence-corrected chi connectivity index (χ0v) is 8.34. The highest BCUT2D eigenvalue weighted by molar-refractivity contribution is 5.54. The van der Waals surface area contributed by atoms with E-state index in [0.717, 1.165) is 5.56 Å². The van der Waals surface area contributed by atoms with Gasteiger partial charge in [-0.05, 0) is 30.7 Å². The molecule has 0 saturated carbocycles. The van der Waals surface area contributed by atoms with Gasteiger partial charge in [-0.1, -0.05) is 6.07 Å². The summed E-state index contributed by atoms with van der Waals surface area (Å²) >= 11 is 0. The standard InChI is InChI=1S/C11H11N3O/c1-8-4-5-9(12)10(7-8)15-11-3-2-6-13-14-11/h2-7H,12H2,1H3. The molecule has 2 rings (SSSR count). The van der Waals surface area contributed by atoms with Crippen molar-refractivity contribution in [1.82, 2.24) is 10.2 Å². The second-order valence-electron chi connectivity index (χ2n) is 3.21. The lowest BCUT2D eigenvalue weighted by molar-refractivity contribution is 0.457. The van der Waals surface area contributed by atoms with Crippen LogP contribution in [0.4, 0.5) is 5.69 Å². The van der Waals surface area contributed by atoms with E-state index in [-0.39, 0.29) is 0 Å². The number of aromatic nitrogens is 2. The Morgan fingerprint density at radius 2 is 2.13 bits per heavy atom. The predicted molar refractivity (Wildman–Crippen MR) is 57.7 cm³/mol. The van der Waals surface area contributed by atoms with E-state index < -0.39 is 0 Å². The van der Waals surface area contributed by atoms with Crippen LogP contribution in [0.1, 0.15) is 5.56 Å². The molecule has 0 saturated heterocycles. The van der Waals surface area contributed by atoms with Crippen LogP contribution in [0.15, 0.2) is 36.5 Å². The molecule has 0 fully saturated rings. The van der Waals surface area contributed by atoms with Crippen LogP contribution in [0.3, 0.4) is 0 Å². The molecule has 0 atom stereocenters. The number of anilines is 1. The van der Waals surface area contributed by atoms with Crippen LogP contribution in [0.25, 0.3) is 0 Å². The van der Waals surface area contributed by atoms with Gasteiger partial charge in [-0.15, -0.1) is 5.10 Å². The Kier molecular flexibility index (Phi) is 2.49. The van der Waals surface area contributed by atoms with Crippen LogP contribution in [0.2, 0.25) is 0 Å². The van der Waals surface area contributed by atoms with Gasteiger partial charge in [0.15, 0.2) is 5.75 Å². The summed E-state index contributed by atoms with van der Waals surface area (Å²) in [6.45, 7) is 1.98. The Morgan fingerprint density at radius 3 is 2.87 bits per heavy atom. The number of ether oxygens (including phenoxy) is 1. The van der Waals surface area contributed by atoms with E-state index in [1.165, 1.54) is 0 Å². The van der Waals surface area contributed by atoms with Crippen LogP contribution in [-0.4, -0.2) is 10.2 Å². The van der Waals surface area contributed by atoms with Gasteiger partial charge in [0.05, 0.1) is 5.69 Å². The number of nitrogens with two attached hydrogens (primary N) is 1. The SMILES string of the molecule is Cc1ccc(N)c(Oc2cccnn2)c1. The molecule has 1 heterocycles. The lowest BCUT2D eigenvalue weighted by Crippen LogP contribution is -1.94. The molecule has 0 aliphatic rings. The maximum Gasteiger partial charge on any atom is 0.238 e. The van der Waals surface area contributed by atoms with Gasteiger partial charge in [-0.2, -0.15) is 5.10 Å². The van der Waals surface area contributed by atoms with E-state index in [4.69, 9.17) is 10.5 Å². The third-order valence-corrected chi connectivity index (χ3v) is 1.93. The summed E-state index contributed by atoms with van der Waals surface area (Å²) in [5.41, 5.74) is 7.44. The molecule has 2 N–H and O–H groups in total. The van der Waals surface area contributed by atoms with Crippen molar-refractivity contribution in [3.05, 3.63) is 42.1 Å². The molecular formula is C11H11N3O. The first-order valence-corrected chi connectivity index (χ1v) is 4.57. The summed E-state index contributed by atoms with van der Waals surface area (Å²) in [4.78, 5) is 0. The molecule has 0 aliphatic heterocycles. The Bertz CT molecular complexity index is 457. The number of benzene rings is 1. The summed E-state index contributed by atoms with van der Waals surface area (Å²) in [7, 11) is 0. The highest BCUT2D eigenvalue weighted by Gasteiger charge is 2.02. The fourth-order valence-corrected chi connectivity index (χ4v) is 1.18. The monoisotopic (exact) mass is 201 g/mol. The lowest BCUT2D eigenvalue weighted by Gasteiger charge is -2.07. The number of hydrogen-bond donors (Lipinski definition) is 1. The van der Waals surface area contributed by atoms with E-state index in [2.05, 4.69) is 10.2 Å². The molecule has 1 aromatic heterocycles. The van der Waals surface area contributed by atoms with Crippen LogP contribution >= 0.6 is 0 Å². The van der Waals surface area contributed by atoms with Crippen molar-refractivity contribution in [3.8, 4) is 11.6 Å². The summed E-state index contributed by atoms with van der Waals surface area (Å²) in [5.74, 6) is 1.05. The summed E-state index contributed by atoms with van der Waals surface area (Å²) < 4.78 is 5.49.